The number of ether oxygens (including phenoxy) is 1. The largest absolute Gasteiger partial charge is 0.372 e. The van der Waals surface area contributed by atoms with Crippen molar-refractivity contribution < 1.29 is 4.74 Å². The van der Waals surface area contributed by atoms with E-state index in [0.29, 0.717) is 6.10 Å². The minimum Gasteiger partial charge on any atom is -0.372 e. The molecular formula is C17H31NO. The van der Waals surface area contributed by atoms with Crippen molar-refractivity contribution >= 4 is 0 Å². The summed E-state index contributed by atoms with van der Waals surface area (Å²) >= 11 is 0. The summed E-state index contributed by atoms with van der Waals surface area (Å²) in [5, 5.41) is 0. The number of hydrogen-bond acceptors (Lipinski definition) is 2. The molecule has 3 aliphatic rings. The van der Waals surface area contributed by atoms with Gasteiger partial charge in [0.1, 0.15) is 0 Å². The second-order valence-electron chi connectivity index (χ2n) is 7.79. The maximum atomic E-state index is 6.67. The highest BCUT2D eigenvalue weighted by Crippen LogP contribution is 2.45. The summed E-state index contributed by atoms with van der Waals surface area (Å²) in [5.41, 5.74) is 7.00. The first-order valence-electron chi connectivity index (χ1n) is 8.56. The lowest BCUT2D eigenvalue weighted by atomic mass is 9.74. The van der Waals surface area contributed by atoms with Crippen LogP contribution in [0.15, 0.2) is 0 Å². The molecular weight excluding hydrogens is 234 g/mol. The van der Waals surface area contributed by atoms with Crippen molar-refractivity contribution in [2.45, 2.75) is 101 Å². The lowest BCUT2D eigenvalue weighted by Gasteiger charge is -2.39. The molecule has 3 fully saturated rings. The number of nitrogens with two attached hydrogens (primary N) is 1. The van der Waals surface area contributed by atoms with Gasteiger partial charge in [-0.05, 0) is 50.9 Å². The van der Waals surface area contributed by atoms with Crippen LogP contribution in [0.2, 0.25) is 0 Å². The molecule has 1 spiro atoms. The van der Waals surface area contributed by atoms with Crippen molar-refractivity contribution in [3.8, 4) is 0 Å². The second-order valence-corrected chi connectivity index (χ2v) is 7.79. The molecule has 3 atom stereocenters. The van der Waals surface area contributed by atoms with E-state index in [0.717, 1.165) is 12.3 Å². The van der Waals surface area contributed by atoms with Gasteiger partial charge >= 0.3 is 0 Å². The van der Waals surface area contributed by atoms with Crippen LogP contribution in [-0.2, 0) is 4.74 Å². The third-order valence-corrected chi connectivity index (χ3v) is 5.86. The molecule has 3 unspecified atom stereocenters. The molecule has 3 rings (SSSR count). The van der Waals surface area contributed by atoms with Gasteiger partial charge < -0.3 is 10.5 Å². The monoisotopic (exact) mass is 265 g/mol. The van der Waals surface area contributed by atoms with Gasteiger partial charge in [0.05, 0.1) is 11.7 Å². The highest BCUT2D eigenvalue weighted by atomic mass is 16.5. The van der Waals surface area contributed by atoms with E-state index in [2.05, 4.69) is 6.92 Å². The van der Waals surface area contributed by atoms with Crippen molar-refractivity contribution in [3.63, 3.8) is 0 Å². The van der Waals surface area contributed by atoms with Gasteiger partial charge in [-0.15, -0.1) is 0 Å². The highest BCUT2D eigenvalue weighted by Gasteiger charge is 2.43. The van der Waals surface area contributed by atoms with E-state index >= 15 is 0 Å². The zero-order chi connectivity index (χ0) is 13.3. The minimum absolute atomic E-state index is 0.0720. The molecule has 0 aromatic heterocycles. The van der Waals surface area contributed by atoms with Crippen LogP contribution in [-0.4, -0.2) is 17.2 Å². The fourth-order valence-corrected chi connectivity index (χ4v) is 4.94. The molecule has 0 amide bonds. The van der Waals surface area contributed by atoms with Crippen LogP contribution in [0.1, 0.15) is 84.0 Å². The average molecular weight is 265 g/mol. The van der Waals surface area contributed by atoms with Crippen LogP contribution in [0.3, 0.4) is 0 Å². The van der Waals surface area contributed by atoms with Crippen LogP contribution in [0, 0.1) is 5.92 Å². The standard InChI is InChI=1S/C17H31NO/c1-14-6-5-8-16(18,12-14)13-15-7-11-17(19-15)9-3-2-4-10-17/h14-15H,2-13,18H2,1H3. The molecule has 110 valence electrons. The zero-order valence-electron chi connectivity index (χ0n) is 12.6. The van der Waals surface area contributed by atoms with Crippen molar-refractivity contribution in [3.05, 3.63) is 0 Å². The zero-order valence-corrected chi connectivity index (χ0v) is 12.6. The Morgan fingerprint density at radius 1 is 1.00 bits per heavy atom. The molecule has 1 heterocycles. The topological polar surface area (TPSA) is 35.2 Å². The maximum Gasteiger partial charge on any atom is 0.0687 e. The van der Waals surface area contributed by atoms with Crippen LogP contribution < -0.4 is 5.73 Å². The molecule has 0 aromatic carbocycles. The predicted molar refractivity (Wildman–Crippen MR) is 79.1 cm³/mol. The molecule has 1 saturated heterocycles. The molecule has 19 heavy (non-hydrogen) atoms. The smallest absolute Gasteiger partial charge is 0.0687 e. The van der Waals surface area contributed by atoms with Crippen LogP contribution in [0.4, 0.5) is 0 Å². The van der Waals surface area contributed by atoms with E-state index in [4.69, 9.17) is 10.5 Å². The summed E-state index contributed by atoms with van der Waals surface area (Å²) in [4.78, 5) is 0. The van der Waals surface area contributed by atoms with Crippen LogP contribution in [0.25, 0.3) is 0 Å². The fraction of sp³-hybridized carbons (Fsp3) is 1.00. The molecule has 0 bridgehead atoms. The SMILES string of the molecule is CC1CCCC(N)(CC2CCC3(CCCCC3)O2)C1. The van der Waals surface area contributed by atoms with E-state index < -0.39 is 0 Å². The normalized spacial score (nSPS) is 42.6. The van der Waals surface area contributed by atoms with Crippen LogP contribution >= 0.6 is 0 Å². The quantitative estimate of drug-likeness (QED) is 0.813. The lowest BCUT2D eigenvalue weighted by Crippen LogP contribution is -2.46. The Bertz CT molecular complexity index is 310. The van der Waals surface area contributed by atoms with Crippen molar-refractivity contribution in [2.75, 3.05) is 0 Å². The minimum atomic E-state index is 0.0720. The summed E-state index contributed by atoms with van der Waals surface area (Å²) in [7, 11) is 0. The van der Waals surface area contributed by atoms with Crippen molar-refractivity contribution in [1.82, 2.24) is 0 Å². The fourth-order valence-electron chi connectivity index (χ4n) is 4.94. The first kappa shape index (κ1) is 13.9. The van der Waals surface area contributed by atoms with Gasteiger partial charge in [-0.3, -0.25) is 0 Å². The Morgan fingerprint density at radius 3 is 2.53 bits per heavy atom. The third-order valence-electron chi connectivity index (χ3n) is 5.86. The first-order valence-corrected chi connectivity index (χ1v) is 8.56. The second kappa shape index (κ2) is 5.37. The van der Waals surface area contributed by atoms with E-state index in [1.165, 1.54) is 70.6 Å². The average Bonchev–Trinajstić information content (AvgIpc) is 2.72. The van der Waals surface area contributed by atoms with E-state index in [1.807, 2.05) is 0 Å². The molecule has 2 nitrogen and oxygen atoms in total. The summed E-state index contributed by atoms with van der Waals surface area (Å²) < 4.78 is 6.51. The van der Waals surface area contributed by atoms with Gasteiger partial charge in [0.25, 0.3) is 0 Å². The summed E-state index contributed by atoms with van der Waals surface area (Å²) in [6, 6.07) is 0. The van der Waals surface area contributed by atoms with Crippen LogP contribution in [0.5, 0.6) is 0 Å². The highest BCUT2D eigenvalue weighted by molar-refractivity contribution is 4.97. The van der Waals surface area contributed by atoms with Gasteiger partial charge in [0, 0.05) is 5.54 Å². The summed E-state index contributed by atoms with van der Waals surface area (Å²) in [5.74, 6) is 0.809. The molecule has 1 aliphatic heterocycles. The van der Waals surface area contributed by atoms with Gasteiger partial charge in [-0.2, -0.15) is 0 Å². The Hall–Kier alpha value is -0.0800. The maximum absolute atomic E-state index is 6.67. The summed E-state index contributed by atoms with van der Waals surface area (Å²) in [6.07, 6.45) is 16.0. The van der Waals surface area contributed by atoms with E-state index in [-0.39, 0.29) is 11.1 Å². The number of rotatable bonds is 2. The van der Waals surface area contributed by atoms with E-state index in [9.17, 15) is 0 Å². The molecule has 0 radical (unpaired) electrons. The lowest BCUT2D eigenvalue weighted by molar-refractivity contribution is -0.0735. The molecule has 0 aromatic rings. The van der Waals surface area contributed by atoms with E-state index in [1.54, 1.807) is 0 Å². The summed E-state index contributed by atoms with van der Waals surface area (Å²) in [6.45, 7) is 2.36. The van der Waals surface area contributed by atoms with Gasteiger partial charge in [0.2, 0.25) is 0 Å². The molecule has 2 aliphatic carbocycles. The van der Waals surface area contributed by atoms with Crippen molar-refractivity contribution in [1.29, 1.82) is 0 Å². The third kappa shape index (κ3) is 3.16. The Balaban J connectivity index is 1.56. The van der Waals surface area contributed by atoms with Gasteiger partial charge in [0.15, 0.2) is 0 Å². The molecule has 2 N–H and O–H groups in total. The van der Waals surface area contributed by atoms with Gasteiger partial charge in [-0.25, -0.2) is 0 Å². The Labute approximate surface area is 118 Å². The predicted octanol–water partition coefficient (Wildman–Crippen LogP) is 4.17. The molecule has 2 saturated carbocycles. The Kier molecular flexibility index (Phi) is 3.92. The molecule has 2 heteroatoms. The number of hydrogen-bond donors (Lipinski definition) is 1. The Morgan fingerprint density at radius 2 is 1.79 bits per heavy atom. The van der Waals surface area contributed by atoms with Crippen molar-refractivity contribution in [2.24, 2.45) is 11.7 Å². The van der Waals surface area contributed by atoms with Gasteiger partial charge in [-0.1, -0.05) is 39.0 Å². The first-order chi connectivity index (χ1) is 9.09.